The standard InChI is InChI=1S/C20H19F2NO3/c1-3-25-20(24)17-10-23-18-5-4-12(2)6-16(18)19(17)26-11-13-7-14(21)9-15(22)8-13/h4-10,16,18H,3,11H2,1-2H3/t16-,18+/m0/s1. The third-order valence-electron chi connectivity index (χ3n) is 4.12. The van der Waals surface area contributed by atoms with Crippen LogP contribution in [0.5, 0.6) is 0 Å². The molecule has 2 aliphatic rings. The SMILES string of the molecule is CCOC(=O)C1=C(OCc2cc(F)cc(F)c2)[C@H]2C=C(C)C=C[C@H]2N=C1. The second-order valence-corrected chi connectivity index (χ2v) is 6.13. The molecule has 0 amide bonds. The molecule has 1 heterocycles. The first-order valence-electron chi connectivity index (χ1n) is 8.36. The molecular formula is C20H19F2NO3. The zero-order valence-corrected chi connectivity index (χ0v) is 14.5. The van der Waals surface area contributed by atoms with Crippen molar-refractivity contribution in [2.24, 2.45) is 10.9 Å². The van der Waals surface area contributed by atoms with E-state index in [2.05, 4.69) is 4.99 Å². The van der Waals surface area contributed by atoms with Gasteiger partial charge in [0.1, 0.15) is 29.6 Å². The zero-order valence-electron chi connectivity index (χ0n) is 14.5. The monoisotopic (exact) mass is 359 g/mol. The number of ether oxygens (including phenoxy) is 2. The Kier molecular flexibility index (Phi) is 5.30. The summed E-state index contributed by atoms with van der Waals surface area (Å²) < 4.78 is 37.7. The summed E-state index contributed by atoms with van der Waals surface area (Å²) in [6.45, 7) is 3.81. The van der Waals surface area contributed by atoms with Gasteiger partial charge in [0, 0.05) is 12.3 Å². The molecular weight excluding hydrogens is 340 g/mol. The van der Waals surface area contributed by atoms with E-state index in [1.54, 1.807) is 6.92 Å². The van der Waals surface area contributed by atoms with Gasteiger partial charge < -0.3 is 9.47 Å². The zero-order chi connectivity index (χ0) is 18.7. The number of aliphatic imine (C=N–C) groups is 1. The van der Waals surface area contributed by atoms with Crippen LogP contribution in [0.1, 0.15) is 19.4 Å². The average molecular weight is 359 g/mol. The molecule has 0 radical (unpaired) electrons. The van der Waals surface area contributed by atoms with E-state index in [0.717, 1.165) is 11.6 Å². The molecule has 6 heteroatoms. The quantitative estimate of drug-likeness (QED) is 0.750. The van der Waals surface area contributed by atoms with Crippen LogP contribution in [0.3, 0.4) is 0 Å². The summed E-state index contributed by atoms with van der Waals surface area (Å²) in [5.41, 5.74) is 1.58. The molecule has 0 bridgehead atoms. The Hall–Kier alpha value is -2.76. The molecule has 1 aromatic rings. The average Bonchev–Trinajstić information content (AvgIpc) is 2.58. The van der Waals surface area contributed by atoms with Gasteiger partial charge in [0.05, 0.1) is 18.6 Å². The third-order valence-corrected chi connectivity index (χ3v) is 4.12. The Labute approximate surface area is 150 Å². The van der Waals surface area contributed by atoms with Crippen molar-refractivity contribution in [1.29, 1.82) is 0 Å². The van der Waals surface area contributed by atoms with Crippen molar-refractivity contribution in [2.45, 2.75) is 26.5 Å². The minimum absolute atomic E-state index is 0.0689. The Morgan fingerprint density at radius 1 is 1.23 bits per heavy atom. The highest BCUT2D eigenvalue weighted by atomic mass is 19.1. The maximum atomic E-state index is 13.4. The third kappa shape index (κ3) is 3.90. The lowest BCUT2D eigenvalue weighted by molar-refractivity contribution is -0.138. The minimum atomic E-state index is -0.678. The first-order valence-corrected chi connectivity index (χ1v) is 8.36. The summed E-state index contributed by atoms with van der Waals surface area (Å²) in [4.78, 5) is 16.7. The molecule has 26 heavy (non-hydrogen) atoms. The highest BCUT2D eigenvalue weighted by Gasteiger charge is 2.33. The van der Waals surface area contributed by atoms with Crippen molar-refractivity contribution in [3.63, 3.8) is 0 Å². The van der Waals surface area contributed by atoms with Crippen LogP contribution in [-0.4, -0.2) is 24.8 Å². The number of dihydropyridines is 1. The van der Waals surface area contributed by atoms with Crippen LogP contribution in [-0.2, 0) is 20.9 Å². The summed E-state index contributed by atoms with van der Waals surface area (Å²) in [6.07, 6.45) is 7.29. The van der Waals surface area contributed by atoms with Gasteiger partial charge in [-0.05, 0) is 31.5 Å². The molecule has 4 nitrogen and oxygen atoms in total. The van der Waals surface area contributed by atoms with E-state index in [-0.39, 0.29) is 30.7 Å². The Morgan fingerprint density at radius 2 is 1.96 bits per heavy atom. The molecule has 1 aliphatic carbocycles. The highest BCUT2D eigenvalue weighted by Crippen LogP contribution is 2.33. The molecule has 0 spiro atoms. The molecule has 1 aromatic carbocycles. The molecule has 2 atom stereocenters. The van der Waals surface area contributed by atoms with Crippen molar-refractivity contribution in [3.05, 3.63) is 70.5 Å². The van der Waals surface area contributed by atoms with Gasteiger partial charge in [0.25, 0.3) is 0 Å². The number of carbonyl (C=O) groups excluding carboxylic acids is 1. The van der Waals surface area contributed by atoms with E-state index in [1.165, 1.54) is 18.3 Å². The number of rotatable bonds is 5. The number of carbonyl (C=O) groups is 1. The topological polar surface area (TPSA) is 47.9 Å². The van der Waals surface area contributed by atoms with Crippen LogP contribution >= 0.6 is 0 Å². The maximum Gasteiger partial charge on any atom is 0.343 e. The lowest BCUT2D eigenvalue weighted by Gasteiger charge is -2.29. The normalized spacial score (nSPS) is 21.3. The molecule has 0 aromatic heterocycles. The number of nitrogens with zero attached hydrogens (tertiary/aromatic N) is 1. The van der Waals surface area contributed by atoms with E-state index in [9.17, 15) is 13.6 Å². The van der Waals surface area contributed by atoms with Crippen molar-refractivity contribution in [2.75, 3.05) is 6.61 Å². The van der Waals surface area contributed by atoms with Gasteiger partial charge in [0.2, 0.25) is 0 Å². The predicted octanol–water partition coefficient (Wildman–Crippen LogP) is 3.88. The largest absolute Gasteiger partial charge is 0.492 e. The van der Waals surface area contributed by atoms with E-state index >= 15 is 0 Å². The van der Waals surface area contributed by atoms with E-state index in [1.807, 2.05) is 25.2 Å². The van der Waals surface area contributed by atoms with Crippen LogP contribution < -0.4 is 0 Å². The van der Waals surface area contributed by atoms with E-state index in [0.29, 0.717) is 11.3 Å². The molecule has 0 fully saturated rings. The molecule has 136 valence electrons. The fraction of sp³-hybridized carbons (Fsp3) is 0.300. The van der Waals surface area contributed by atoms with Crippen LogP contribution in [0, 0.1) is 17.6 Å². The minimum Gasteiger partial charge on any atom is -0.492 e. The van der Waals surface area contributed by atoms with Crippen molar-refractivity contribution < 1.29 is 23.0 Å². The number of hydrogen-bond donors (Lipinski definition) is 0. The summed E-state index contributed by atoms with van der Waals surface area (Å²) in [7, 11) is 0. The van der Waals surface area contributed by atoms with Crippen molar-refractivity contribution in [1.82, 2.24) is 0 Å². The summed E-state index contributed by atoms with van der Waals surface area (Å²) in [5.74, 6) is -1.75. The first-order chi connectivity index (χ1) is 12.5. The van der Waals surface area contributed by atoms with Crippen LogP contribution in [0.15, 0.2) is 58.3 Å². The van der Waals surface area contributed by atoms with Gasteiger partial charge in [-0.2, -0.15) is 0 Å². The predicted molar refractivity (Wildman–Crippen MR) is 93.5 cm³/mol. The van der Waals surface area contributed by atoms with Gasteiger partial charge >= 0.3 is 5.97 Å². The van der Waals surface area contributed by atoms with Gasteiger partial charge in [-0.15, -0.1) is 0 Å². The van der Waals surface area contributed by atoms with Gasteiger partial charge in [-0.1, -0.05) is 23.8 Å². The molecule has 0 saturated heterocycles. The van der Waals surface area contributed by atoms with E-state index < -0.39 is 17.6 Å². The number of benzene rings is 1. The smallest absolute Gasteiger partial charge is 0.343 e. The first kappa shape index (κ1) is 18.0. The van der Waals surface area contributed by atoms with Crippen LogP contribution in [0.25, 0.3) is 0 Å². The second kappa shape index (κ2) is 7.64. The number of hydrogen-bond acceptors (Lipinski definition) is 4. The summed E-state index contributed by atoms with van der Waals surface area (Å²) in [5, 5.41) is 0. The molecule has 0 saturated carbocycles. The number of esters is 1. The number of allylic oxidation sites excluding steroid dienone is 2. The molecule has 0 unspecified atom stereocenters. The van der Waals surface area contributed by atoms with Gasteiger partial charge in [0.15, 0.2) is 0 Å². The lowest BCUT2D eigenvalue weighted by atomic mass is 9.87. The fourth-order valence-electron chi connectivity index (χ4n) is 2.98. The second-order valence-electron chi connectivity index (χ2n) is 6.13. The molecule has 0 N–H and O–H groups in total. The summed E-state index contributed by atoms with van der Waals surface area (Å²) >= 11 is 0. The maximum absolute atomic E-state index is 13.4. The van der Waals surface area contributed by atoms with Crippen LogP contribution in [0.2, 0.25) is 0 Å². The highest BCUT2D eigenvalue weighted by molar-refractivity contribution is 6.10. The Balaban J connectivity index is 1.91. The molecule has 1 aliphatic heterocycles. The van der Waals surface area contributed by atoms with Crippen molar-refractivity contribution in [3.8, 4) is 0 Å². The van der Waals surface area contributed by atoms with Crippen LogP contribution in [0.4, 0.5) is 8.78 Å². The fourth-order valence-corrected chi connectivity index (χ4v) is 2.98. The number of halogens is 2. The van der Waals surface area contributed by atoms with Crippen molar-refractivity contribution >= 4 is 12.2 Å². The van der Waals surface area contributed by atoms with Gasteiger partial charge in [-0.3, -0.25) is 4.99 Å². The lowest BCUT2D eigenvalue weighted by Crippen LogP contribution is -2.29. The summed E-state index contributed by atoms with van der Waals surface area (Å²) in [6, 6.07) is 3.01. The Morgan fingerprint density at radius 3 is 2.65 bits per heavy atom. The van der Waals surface area contributed by atoms with Gasteiger partial charge in [-0.25, -0.2) is 13.6 Å². The number of fused-ring (bicyclic) bond motifs is 1. The molecule has 3 rings (SSSR count). The van der Waals surface area contributed by atoms with E-state index in [4.69, 9.17) is 9.47 Å². The Bertz CT molecular complexity index is 819.